The van der Waals surface area contributed by atoms with Gasteiger partial charge in [-0.15, -0.1) is 0 Å². The number of aldehydes is 1. The van der Waals surface area contributed by atoms with E-state index in [0.717, 1.165) is 18.3 Å². The minimum absolute atomic E-state index is 0.0675. The first kappa shape index (κ1) is 43.1. The summed E-state index contributed by atoms with van der Waals surface area (Å²) in [6.07, 6.45) is -10.3. The van der Waals surface area contributed by atoms with E-state index in [1.54, 1.807) is 0 Å². The van der Waals surface area contributed by atoms with Gasteiger partial charge in [0.15, 0.2) is 18.7 Å². The van der Waals surface area contributed by atoms with Gasteiger partial charge in [0.1, 0.15) is 48.3 Å². The van der Waals surface area contributed by atoms with Crippen molar-refractivity contribution in [3.63, 3.8) is 0 Å². The molecule has 4 saturated carbocycles. The van der Waals surface area contributed by atoms with E-state index in [2.05, 4.69) is 40.7 Å². The molecule has 7 aliphatic rings. The molecule has 0 bridgehead atoms. The Morgan fingerprint density at radius 2 is 1.44 bits per heavy atom. The van der Waals surface area contributed by atoms with E-state index in [4.69, 9.17) is 18.9 Å². The Hall–Kier alpha value is -2.05. The van der Waals surface area contributed by atoms with Crippen molar-refractivity contribution in [1.29, 1.82) is 0 Å². The summed E-state index contributed by atoms with van der Waals surface area (Å²) in [5, 5.41) is 86.3. The molecule has 7 rings (SSSR count). The highest BCUT2D eigenvalue weighted by atomic mass is 16.7. The van der Waals surface area contributed by atoms with Gasteiger partial charge in [0.2, 0.25) is 0 Å². The fourth-order valence-electron chi connectivity index (χ4n) is 13.6. The third-order valence-corrected chi connectivity index (χ3v) is 17.2. The highest BCUT2D eigenvalue weighted by Crippen LogP contribution is 2.75. The molecule has 8 N–H and O–H groups in total. The number of carboxylic acid groups (broad SMARTS) is 2. The molecule has 15 heteroatoms. The lowest BCUT2D eigenvalue weighted by atomic mass is 9.33. The quantitative estimate of drug-likeness (QED) is 0.104. The van der Waals surface area contributed by atoms with Crippen molar-refractivity contribution < 1.29 is 74.2 Å². The van der Waals surface area contributed by atoms with E-state index in [9.17, 15) is 55.2 Å². The first-order valence-corrected chi connectivity index (χ1v) is 20.8. The van der Waals surface area contributed by atoms with Gasteiger partial charge in [-0.3, -0.25) is 4.79 Å². The predicted octanol–water partition coefficient (Wildman–Crippen LogP) is 2.15. The Balaban J connectivity index is 1.16. The zero-order valence-electron chi connectivity index (χ0n) is 34.1. The fourth-order valence-corrected chi connectivity index (χ4v) is 13.6. The lowest BCUT2D eigenvalue weighted by Crippen LogP contribution is -2.68. The van der Waals surface area contributed by atoms with Crippen molar-refractivity contribution >= 4 is 18.2 Å². The lowest BCUT2D eigenvalue weighted by Gasteiger charge is -2.71. The normalized spacial score (nSPS) is 54.5. The van der Waals surface area contributed by atoms with Crippen molar-refractivity contribution in [2.24, 2.45) is 50.2 Å². The van der Waals surface area contributed by atoms with Gasteiger partial charge in [-0.05, 0) is 104 Å². The van der Waals surface area contributed by atoms with Crippen molar-refractivity contribution in [2.75, 3.05) is 0 Å². The zero-order valence-corrected chi connectivity index (χ0v) is 34.1. The summed E-state index contributed by atoms with van der Waals surface area (Å²) in [6.45, 7) is 14.3. The number of carbonyl (C=O) groups is 3. The molecule has 2 saturated heterocycles. The van der Waals surface area contributed by atoms with Gasteiger partial charge in [0.05, 0.1) is 23.7 Å². The van der Waals surface area contributed by atoms with Gasteiger partial charge >= 0.3 is 11.9 Å². The molecule has 20 atom stereocenters. The number of ether oxygens (including phenoxy) is 4. The first-order chi connectivity index (χ1) is 26.4. The SMILES string of the molecule is CC1OC(OC2C(O)C(OC3CCC4(C)C(CCC5(C)C4CC=C4C6CC(C)(C)CCC6(C(=O)O)C(O)CC45C)C3(C)C=O)OC(C(=O)O)C2O)C(O)C(O)C1O. The Bertz CT molecular complexity index is 1640. The summed E-state index contributed by atoms with van der Waals surface area (Å²) in [7, 11) is 0. The van der Waals surface area contributed by atoms with Gasteiger partial charge in [-0.1, -0.05) is 53.2 Å². The fraction of sp³-hybridized carbons (Fsp3) is 0.881. The highest BCUT2D eigenvalue weighted by molar-refractivity contribution is 5.77. The smallest absolute Gasteiger partial charge is 0.335 e. The summed E-state index contributed by atoms with van der Waals surface area (Å²) in [5.74, 6) is -2.94. The highest BCUT2D eigenvalue weighted by Gasteiger charge is 2.72. The van der Waals surface area contributed by atoms with E-state index >= 15 is 0 Å². The molecule has 15 nitrogen and oxygen atoms in total. The predicted molar refractivity (Wildman–Crippen MR) is 199 cm³/mol. The maximum atomic E-state index is 13.4. The Kier molecular flexibility index (Phi) is 10.8. The average molecular weight is 809 g/mol. The number of fused-ring (bicyclic) bond motifs is 7. The molecular weight excluding hydrogens is 744 g/mol. The van der Waals surface area contributed by atoms with E-state index in [1.165, 1.54) is 6.92 Å². The number of aliphatic hydroxyl groups excluding tert-OH is 6. The number of aliphatic hydroxyl groups is 6. The van der Waals surface area contributed by atoms with Gasteiger partial charge in [-0.25, -0.2) is 4.79 Å². The van der Waals surface area contributed by atoms with Crippen molar-refractivity contribution in [3.05, 3.63) is 11.6 Å². The summed E-state index contributed by atoms with van der Waals surface area (Å²) in [5.41, 5.74) is -2.52. The second kappa shape index (κ2) is 14.3. The first-order valence-electron chi connectivity index (χ1n) is 20.8. The average Bonchev–Trinajstić information content (AvgIpc) is 3.13. The van der Waals surface area contributed by atoms with Crippen LogP contribution >= 0.6 is 0 Å². The van der Waals surface area contributed by atoms with Gasteiger partial charge < -0.3 is 64.6 Å². The van der Waals surface area contributed by atoms with Crippen molar-refractivity contribution in [2.45, 2.75) is 180 Å². The number of rotatable bonds is 7. The van der Waals surface area contributed by atoms with Crippen LogP contribution < -0.4 is 0 Å². The monoisotopic (exact) mass is 808 g/mol. The minimum atomic E-state index is -1.96. The Labute approximate surface area is 333 Å². The van der Waals surface area contributed by atoms with Crippen LogP contribution in [0.25, 0.3) is 0 Å². The third-order valence-electron chi connectivity index (χ3n) is 17.2. The van der Waals surface area contributed by atoms with Crippen molar-refractivity contribution in [1.82, 2.24) is 0 Å². The molecule has 57 heavy (non-hydrogen) atoms. The van der Waals surface area contributed by atoms with Crippen LogP contribution in [0.1, 0.15) is 106 Å². The van der Waals surface area contributed by atoms with E-state index in [-0.39, 0.29) is 28.6 Å². The molecule has 0 aromatic carbocycles. The number of aliphatic carboxylic acids is 2. The number of allylic oxidation sites excluding steroid dienone is 2. The van der Waals surface area contributed by atoms with Gasteiger partial charge in [0, 0.05) is 0 Å². The molecule has 5 aliphatic carbocycles. The van der Waals surface area contributed by atoms with E-state index in [1.807, 2.05) is 6.92 Å². The van der Waals surface area contributed by atoms with Crippen LogP contribution in [0.4, 0.5) is 0 Å². The topological polar surface area (TPSA) is 250 Å². The zero-order chi connectivity index (χ0) is 42.0. The van der Waals surface area contributed by atoms with E-state index in [0.29, 0.717) is 51.4 Å². The number of hydrogen-bond acceptors (Lipinski definition) is 13. The van der Waals surface area contributed by atoms with Crippen LogP contribution in [-0.2, 0) is 33.3 Å². The summed E-state index contributed by atoms with van der Waals surface area (Å²) in [4.78, 5) is 38.8. The number of carbonyl (C=O) groups excluding carboxylic acids is 1. The molecule has 6 fully saturated rings. The molecule has 0 aromatic rings. The molecule has 2 aliphatic heterocycles. The van der Waals surface area contributed by atoms with Gasteiger partial charge in [-0.2, -0.15) is 0 Å². The van der Waals surface area contributed by atoms with Crippen LogP contribution in [0.15, 0.2) is 11.6 Å². The van der Waals surface area contributed by atoms with Crippen LogP contribution in [0, 0.1) is 50.2 Å². The number of hydrogen-bond donors (Lipinski definition) is 8. The summed E-state index contributed by atoms with van der Waals surface area (Å²) >= 11 is 0. The van der Waals surface area contributed by atoms with Crippen LogP contribution in [-0.4, -0.2) is 133 Å². The minimum Gasteiger partial charge on any atom is -0.481 e. The van der Waals surface area contributed by atoms with Gasteiger partial charge in [0.25, 0.3) is 0 Å². The molecule has 0 aromatic heterocycles. The molecule has 0 spiro atoms. The van der Waals surface area contributed by atoms with Crippen LogP contribution in [0.5, 0.6) is 0 Å². The Morgan fingerprint density at radius 3 is 2.07 bits per heavy atom. The second-order valence-electron chi connectivity index (χ2n) is 20.5. The molecule has 0 amide bonds. The lowest BCUT2D eigenvalue weighted by molar-refractivity contribution is -0.362. The van der Waals surface area contributed by atoms with Crippen LogP contribution in [0.2, 0.25) is 0 Å². The molecule has 20 unspecified atom stereocenters. The molecular formula is C42H64O15. The third kappa shape index (κ3) is 6.14. The summed E-state index contributed by atoms with van der Waals surface area (Å²) in [6, 6.07) is 0. The summed E-state index contributed by atoms with van der Waals surface area (Å²) < 4.78 is 23.3. The molecule has 0 radical (unpaired) electrons. The maximum Gasteiger partial charge on any atom is 0.335 e. The Morgan fingerprint density at radius 1 is 0.772 bits per heavy atom. The standard InChI is InChI=1S/C42H64O15/c1-19-26(45)27(46)28(47)34(54-19)56-31-29(48)32(33(50)51)57-35(30(31)49)55-25-11-12-38(4)22(39(25,5)18-43)10-13-40(6)23(38)9-8-20-21-16-37(2,3)14-15-42(21,36(52)53)24(44)17-41(20,40)7/h8,18-19,21-32,34-35,44-49H,9-17H2,1-7H3,(H,50,51)(H,52,53). The number of carboxylic acids is 2. The maximum absolute atomic E-state index is 13.4. The van der Waals surface area contributed by atoms with Crippen LogP contribution in [0.3, 0.4) is 0 Å². The molecule has 322 valence electrons. The second-order valence-corrected chi connectivity index (χ2v) is 20.5. The van der Waals surface area contributed by atoms with Crippen molar-refractivity contribution in [3.8, 4) is 0 Å². The van der Waals surface area contributed by atoms with E-state index < -0.39 is 107 Å². The largest absolute Gasteiger partial charge is 0.481 e. The molecule has 2 heterocycles.